The van der Waals surface area contributed by atoms with Crippen LogP contribution in [-0.4, -0.2) is 16.1 Å². The van der Waals surface area contributed by atoms with E-state index in [0.29, 0.717) is 10.6 Å². The fourth-order valence-corrected chi connectivity index (χ4v) is 2.71. The highest BCUT2D eigenvalue weighted by Crippen LogP contribution is 2.30. The van der Waals surface area contributed by atoms with Gasteiger partial charge >= 0.3 is 5.97 Å². The van der Waals surface area contributed by atoms with Gasteiger partial charge in [0.1, 0.15) is 10.6 Å². The summed E-state index contributed by atoms with van der Waals surface area (Å²) in [5, 5.41) is 11.6. The number of nitrogens with zero attached hydrogens (tertiary/aromatic N) is 1. The van der Waals surface area contributed by atoms with Crippen molar-refractivity contribution in [1.82, 2.24) is 4.98 Å². The van der Waals surface area contributed by atoms with Crippen molar-refractivity contribution < 1.29 is 9.90 Å². The Morgan fingerprint density at radius 1 is 1.57 bits per heavy atom. The van der Waals surface area contributed by atoms with Crippen LogP contribution in [0.3, 0.4) is 0 Å². The van der Waals surface area contributed by atoms with Gasteiger partial charge in [-0.2, -0.15) is 0 Å². The van der Waals surface area contributed by atoms with Crippen molar-refractivity contribution in [2.75, 3.05) is 0 Å². The zero-order chi connectivity index (χ0) is 10.1. The molecule has 0 saturated carbocycles. The summed E-state index contributed by atoms with van der Waals surface area (Å²) in [6.45, 7) is 1.81. The molecular weight excluding hydrogens is 218 g/mol. The summed E-state index contributed by atoms with van der Waals surface area (Å²) in [7, 11) is 0. The number of carboxylic acids is 1. The van der Waals surface area contributed by atoms with Gasteiger partial charge in [-0.05, 0) is 18.4 Å². The molecule has 2 rings (SSSR count). The second-order valence-corrected chi connectivity index (χ2v) is 4.84. The van der Waals surface area contributed by atoms with E-state index >= 15 is 0 Å². The van der Waals surface area contributed by atoms with E-state index in [1.165, 1.54) is 22.7 Å². The lowest BCUT2D eigenvalue weighted by atomic mass is 10.3. The summed E-state index contributed by atoms with van der Waals surface area (Å²) in [4.78, 5) is 16.4. The van der Waals surface area contributed by atoms with E-state index in [-0.39, 0.29) is 0 Å². The maximum atomic E-state index is 10.9. The van der Waals surface area contributed by atoms with Gasteiger partial charge in [0, 0.05) is 0 Å². The second-order valence-electron chi connectivity index (χ2n) is 2.69. The molecule has 0 aliphatic rings. The molecule has 1 N–H and O–H groups in total. The molecule has 72 valence electrons. The highest BCUT2D eigenvalue weighted by Gasteiger charge is 2.17. The first-order chi connectivity index (χ1) is 6.68. The van der Waals surface area contributed by atoms with Crippen molar-refractivity contribution >= 4 is 28.6 Å². The van der Waals surface area contributed by atoms with Gasteiger partial charge < -0.3 is 5.11 Å². The summed E-state index contributed by atoms with van der Waals surface area (Å²) < 4.78 is 0. The lowest BCUT2D eigenvalue weighted by molar-refractivity contribution is 0.0703. The number of hydrogen-bond acceptors (Lipinski definition) is 4. The lowest BCUT2D eigenvalue weighted by Gasteiger charge is -1.92. The second kappa shape index (κ2) is 3.51. The number of hydrogen-bond donors (Lipinski definition) is 1. The predicted octanol–water partition coefficient (Wildman–Crippen LogP) is 2.88. The van der Waals surface area contributed by atoms with Gasteiger partial charge in [0.05, 0.1) is 9.88 Å². The zero-order valence-electron chi connectivity index (χ0n) is 7.35. The molecule has 0 aromatic carbocycles. The maximum Gasteiger partial charge on any atom is 0.348 e. The molecule has 2 heterocycles. The molecule has 0 amide bonds. The molecule has 0 saturated heterocycles. The molecule has 3 nitrogen and oxygen atoms in total. The van der Waals surface area contributed by atoms with Crippen molar-refractivity contribution in [3.63, 3.8) is 0 Å². The molecule has 14 heavy (non-hydrogen) atoms. The van der Waals surface area contributed by atoms with Crippen molar-refractivity contribution in [3.8, 4) is 10.6 Å². The summed E-state index contributed by atoms with van der Waals surface area (Å²) in [6, 6.07) is 3.77. The van der Waals surface area contributed by atoms with E-state index < -0.39 is 5.97 Å². The quantitative estimate of drug-likeness (QED) is 0.855. The highest BCUT2D eigenvalue weighted by molar-refractivity contribution is 7.16. The first-order valence-corrected chi connectivity index (χ1v) is 5.62. The van der Waals surface area contributed by atoms with Crippen molar-refractivity contribution in [2.24, 2.45) is 0 Å². The summed E-state index contributed by atoms with van der Waals surface area (Å²) in [6.07, 6.45) is 0. The molecule has 0 aliphatic heterocycles. The van der Waals surface area contributed by atoms with Crippen LogP contribution in [0.5, 0.6) is 0 Å². The van der Waals surface area contributed by atoms with E-state index in [1.54, 1.807) is 0 Å². The number of carboxylic acid groups (broad SMARTS) is 1. The standard InChI is InChI=1S/C9H7NO2S2/c1-5-10-7(6-3-2-4-13-6)8(14-5)9(11)12/h2-4H,1H3,(H,11,12). The lowest BCUT2D eigenvalue weighted by Crippen LogP contribution is -1.94. The Hall–Kier alpha value is -1.20. The zero-order valence-corrected chi connectivity index (χ0v) is 8.98. The summed E-state index contributed by atoms with van der Waals surface area (Å²) >= 11 is 2.72. The van der Waals surface area contributed by atoms with Crippen LogP contribution in [-0.2, 0) is 0 Å². The molecular formula is C9H7NO2S2. The number of aromatic carboxylic acids is 1. The van der Waals surface area contributed by atoms with Crippen molar-refractivity contribution in [3.05, 3.63) is 27.4 Å². The molecule has 0 radical (unpaired) electrons. The largest absolute Gasteiger partial charge is 0.477 e. The van der Waals surface area contributed by atoms with Crippen LogP contribution in [0.15, 0.2) is 17.5 Å². The van der Waals surface area contributed by atoms with Crippen LogP contribution in [0, 0.1) is 6.92 Å². The number of carbonyl (C=O) groups is 1. The normalized spacial score (nSPS) is 10.4. The molecule has 0 bridgehead atoms. The molecule has 0 unspecified atom stereocenters. The summed E-state index contributed by atoms with van der Waals surface area (Å²) in [5.41, 5.74) is 0.593. The van der Waals surface area contributed by atoms with Gasteiger partial charge in [-0.15, -0.1) is 22.7 Å². The van der Waals surface area contributed by atoms with Gasteiger partial charge in [-0.1, -0.05) is 6.07 Å². The Morgan fingerprint density at radius 2 is 2.36 bits per heavy atom. The third kappa shape index (κ3) is 1.56. The molecule has 0 fully saturated rings. The molecule has 2 aromatic heterocycles. The van der Waals surface area contributed by atoms with Crippen molar-refractivity contribution in [1.29, 1.82) is 0 Å². The Labute approximate surface area is 88.7 Å². The highest BCUT2D eigenvalue weighted by atomic mass is 32.1. The van der Waals surface area contributed by atoms with Gasteiger partial charge in [0.15, 0.2) is 0 Å². The molecule has 2 aromatic rings. The Bertz CT molecular complexity index is 459. The van der Waals surface area contributed by atoms with Crippen LogP contribution in [0.4, 0.5) is 0 Å². The van der Waals surface area contributed by atoms with Crippen LogP contribution < -0.4 is 0 Å². The fraction of sp³-hybridized carbons (Fsp3) is 0.111. The number of thiazole rings is 1. The van der Waals surface area contributed by atoms with E-state index in [2.05, 4.69) is 4.98 Å². The minimum atomic E-state index is -0.904. The van der Waals surface area contributed by atoms with Crippen LogP contribution >= 0.6 is 22.7 Å². The topological polar surface area (TPSA) is 50.2 Å². The average Bonchev–Trinajstić information content (AvgIpc) is 2.70. The third-order valence-electron chi connectivity index (χ3n) is 1.68. The Morgan fingerprint density at radius 3 is 2.93 bits per heavy atom. The van der Waals surface area contributed by atoms with Gasteiger partial charge in [0.2, 0.25) is 0 Å². The van der Waals surface area contributed by atoms with Gasteiger partial charge in [-0.25, -0.2) is 9.78 Å². The number of rotatable bonds is 2. The number of aryl methyl sites for hydroxylation is 1. The first kappa shape index (κ1) is 9.36. The van der Waals surface area contributed by atoms with Crippen LogP contribution in [0.1, 0.15) is 14.7 Å². The predicted molar refractivity (Wildman–Crippen MR) is 57.1 cm³/mol. The van der Waals surface area contributed by atoms with Gasteiger partial charge in [-0.3, -0.25) is 0 Å². The minimum absolute atomic E-state index is 0.324. The van der Waals surface area contributed by atoms with E-state index in [4.69, 9.17) is 5.11 Å². The van der Waals surface area contributed by atoms with Crippen LogP contribution in [0.25, 0.3) is 10.6 Å². The number of thiophene rings is 1. The third-order valence-corrected chi connectivity index (χ3v) is 3.52. The van der Waals surface area contributed by atoms with E-state index in [1.807, 2.05) is 24.4 Å². The SMILES string of the molecule is Cc1nc(-c2cccs2)c(C(=O)O)s1. The monoisotopic (exact) mass is 225 g/mol. The maximum absolute atomic E-state index is 10.9. The summed E-state index contributed by atoms with van der Waals surface area (Å²) in [5.74, 6) is -0.904. The smallest absolute Gasteiger partial charge is 0.348 e. The first-order valence-electron chi connectivity index (χ1n) is 3.93. The van der Waals surface area contributed by atoms with Crippen LogP contribution in [0.2, 0.25) is 0 Å². The molecule has 0 atom stereocenters. The molecule has 0 spiro atoms. The minimum Gasteiger partial charge on any atom is -0.477 e. The Balaban J connectivity index is 2.58. The van der Waals surface area contributed by atoms with Gasteiger partial charge in [0.25, 0.3) is 0 Å². The Kier molecular flexibility index (Phi) is 2.35. The molecule has 0 aliphatic carbocycles. The van der Waals surface area contributed by atoms with E-state index in [9.17, 15) is 4.79 Å². The van der Waals surface area contributed by atoms with Crippen molar-refractivity contribution in [2.45, 2.75) is 6.92 Å². The van der Waals surface area contributed by atoms with E-state index in [0.717, 1.165) is 9.88 Å². The molecule has 5 heteroatoms. The number of aromatic nitrogens is 1. The average molecular weight is 225 g/mol. The fourth-order valence-electron chi connectivity index (χ4n) is 1.15.